The van der Waals surface area contributed by atoms with Gasteiger partial charge in [0, 0.05) is 17.8 Å². The molecule has 0 fully saturated rings. The van der Waals surface area contributed by atoms with Crippen molar-refractivity contribution in [3.05, 3.63) is 70.8 Å². The van der Waals surface area contributed by atoms with Gasteiger partial charge in [0.15, 0.2) is 0 Å². The summed E-state index contributed by atoms with van der Waals surface area (Å²) in [5, 5.41) is 9.10. The molecule has 0 amide bonds. The number of aromatic carboxylic acids is 1. The first-order valence-electron chi connectivity index (χ1n) is 9.31. The van der Waals surface area contributed by atoms with Crippen LogP contribution in [-0.4, -0.2) is 33.5 Å². The monoisotopic (exact) mass is 394 g/mol. The van der Waals surface area contributed by atoms with Crippen LogP contribution in [0.2, 0.25) is 0 Å². The van der Waals surface area contributed by atoms with Crippen LogP contribution in [0.15, 0.2) is 42.5 Å². The molecule has 0 atom stereocenters. The van der Waals surface area contributed by atoms with Crippen LogP contribution >= 0.6 is 0 Å². The van der Waals surface area contributed by atoms with Gasteiger partial charge in [-0.05, 0) is 43.5 Å². The van der Waals surface area contributed by atoms with Gasteiger partial charge in [0.2, 0.25) is 5.78 Å². The van der Waals surface area contributed by atoms with E-state index < -0.39 is 17.6 Å². The number of halogens is 1. The Hall–Kier alpha value is -3.48. The largest absolute Gasteiger partial charge is 0.496 e. The van der Waals surface area contributed by atoms with Crippen LogP contribution < -0.4 is 4.74 Å². The molecule has 1 aliphatic heterocycles. The average Bonchev–Trinajstić information content (AvgIpc) is 3.13. The second kappa shape index (κ2) is 7.50. The van der Waals surface area contributed by atoms with Gasteiger partial charge in [0.25, 0.3) is 0 Å². The van der Waals surface area contributed by atoms with Crippen molar-refractivity contribution >= 4 is 11.8 Å². The fourth-order valence-corrected chi connectivity index (χ4v) is 3.72. The summed E-state index contributed by atoms with van der Waals surface area (Å²) in [5.41, 5.74) is 1.73. The standard InChI is InChI=1S/C22H19FN2O4/c1-29-17-7-4-5-15(23)18(17)20(26)19-16-6-2-3-12-25(16)21(24-19)13-8-10-14(11-9-13)22(27)28/h4-5,7-11H,2-3,6,12H2,1H3,(H,27,28). The van der Waals surface area contributed by atoms with Crippen LogP contribution in [0.25, 0.3) is 11.4 Å². The Morgan fingerprint density at radius 3 is 2.59 bits per heavy atom. The first kappa shape index (κ1) is 18.9. The quantitative estimate of drug-likeness (QED) is 0.663. The third-order valence-corrected chi connectivity index (χ3v) is 5.15. The maximum absolute atomic E-state index is 14.5. The van der Waals surface area contributed by atoms with Crippen LogP contribution in [-0.2, 0) is 13.0 Å². The number of aromatic nitrogens is 2. The smallest absolute Gasteiger partial charge is 0.335 e. The number of imidazole rings is 1. The molecule has 0 saturated carbocycles. The predicted octanol–water partition coefficient (Wildman–Crippen LogP) is 3.96. The van der Waals surface area contributed by atoms with Crippen molar-refractivity contribution in [3.8, 4) is 17.1 Å². The minimum absolute atomic E-state index is 0.130. The molecule has 1 aliphatic rings. The van der Waals surface area contributed by atoms with E-state index in [9.17, 15) is 14.0 Å². The van der Waals surface area contributed by atoms with Gasteiger partial charge in [-0.25, -0.2) is 14.2 Å². The van der Waals surface area contributed by atoms with Gasteiger partial charge < -0.3 is 14.4 Å². The van der Waals surface area contributed by atoms with Gasteiger partial charge in [-0.1, -0.05) is 18.2 Å². The highest BCUT2D eigenvalue weighted by Gasteiger charge is 2.29. The number of carboxylic acid groups (broad SMARTS) is 1. The Labute approximate surface area is 166 Å². The lowest BCUT2D eigenvalue weighted by Gasteiger charge is -2.17. The van der Waals surface area contributed by atoms with E-state index in [0.717, 1.165) is 18.5 Å². The van der Waals surface area contributed by atoms with Gasteiger partial charge in [0.1, 0.15) is 28.6 Å². The summed E-state index contributed by atoms with van der Waals surface area (Å²) in [6.45, 7) is 0.694. The third kappa shape index (κ3) is 3.29. The maximum atomic E-state index is 14.5. The molecule has 2 heterocycles. The Morgan fingerprint density at radius 1 is 1.14 bits per heavy atom. The number of carbonyl (C=O) groups is 2. The molecule has 6 nitrogen and oxygen atoms in total. The highest BCUT2D eigenvalue weighted by atomic mass is 19.1. The SMILES string of the molecule is COc1cccc(F)c1C(=O)c1nc(-c2ccc(C(=O)O)cc2)n2c1CCCC2. The van der Waals surface area contributed by atoms with Crippen molar-refractivity contribution < 1.29 is 23.8 Å². The number of hydrogen-bond donors (Lipinski definition) is 1. The summed E-state index contributed by atoms with van der Waals surface area (Å²) in [6, 6.07) is 10.6. The van der Waals surface area contributed by atoms with Crippen molar-refractivity contribution in [1.82, 2.24) is 9.55 Å². The molecular formula is C22H19FN2O4. The van der Waals surface area contributed by atoms with E-state index in [-0.39, 0.29) is 22.6 Å². The van der Waals surface area contributed by atoms with Crippen LogP contribution in [0.5, 0.6) is 5.75 Å². The molecule has 4 rings (SSSR count). The second-order valence-corrected chi connectivity index (χ2v) is 6.87. The van der Waals surface area contributed by atoms with Crippen molar-refractivity contribution in [2.24, 2.45) is 0 Å². The van der Waals surface area contributed by atoms with Crippen LogP contribution in [0.3, 0.4) is 0 Å². The van der Waals surface area contributed by atoms with Crippen molar-refractivity contribution in [1.29, 1.82) is 0 Å². The molecule has 29 heavy (non-hydrogen) atoms. The zero-order valence-electron chi connectivity index (χ0n) is 15.8. The number of hydrogen-bond acceptors (Lipinski definition) is 4. The number of ether oxygens (including phenoxy) is 1. The number of fused-ring (bicyclic) bond motifs is 1. The Bertz CT molecular complexity index is 1100. The molecule has 0 spiro atoms. The zero-order valence-corrected chi connectivity index (χ0v) is 15.8. The van der Waals surface area contributed by atoms with E-state index in [0.29, 0.717) is 24.4 Å². The lowest BCUT2D eigenvalue weighted by molar-refractivity contribution is 0.0696. The number of methoxy groups -OCH3 is 1. The molecule has 0 unspecified atom stereocenters. The molecule has 148 valence electrons. The molecule has 3 aromatic rings. The first-order chi connectivity index (χ1) is 14.0. The third-order valence-electron chi connectivity index (χ3n) is 5.15. The van der Waals surface area contributed by atoms with Gasteiger partial charge in [-0.2, -0.15) is 0 Å². The average molecular weight is 394 g/mol. The molecular weight excluding hydrogens is 375 g/mol. The molecule has 1 aromatic heterocycles. The van der Waals surface area contributed by atoms with Crippen molar-refractivity contribution in [2.45, 2.75) is 25.8 Å². The fraction of sp³-hybridized carbons (Fsp3) is 0.227. The normalized spacial score (nSPS) is 13.0. The number of benzene rings is 2. The van der Waals surface area contributed by atoms with Crippen LogP contribution in [0, 0.1) is 5.82 Å². The topological polar surface area (TPSA) is 81.4 Å². The Balaban J connectivity index is 1.84. The highest BCUT2D eigenvalue weighted by molar-refractivity contribution is 6.10. The van der Waals surface area contributed by atoms with Gasteiger partial charge in [0.05, 0.1) is 12.7 Å². The van der Waals surface area contributed by atoms with Crippen molar-refractivity contribution in [2.75, 3.05) is 7.11 Å². The lowest BCUT2D eigenvalue weighted by Crippen LogP contribution is -2.15. The Kier molecular flexibility index (Phi) is 4.88. The Morgan fingerprint density at radius 2 is 1.90 bits per heavy atom. The summed E-state index contributed by atoms with van der Waals surface area (Å²) in [4.78, 5) is 28.9. The van der Waals surface area contributed by atoms with Gasteiger partial charge in [-0.3, -0.25) is 4.79 Å². The van der Waals surface area contributed by atoms with E-state index >= 15 is 0 Å². The van der Waals surface area contributed by atoms with Gasteiger partial charge >= 0.3 is 5.97 Å². The minimum Gasteiger partial charge on any atom is -0.496 e. The van der Waals surface area contributed by atoms with E-state index in [1.54, 1.807) is 18.2 Å². The zero-order chi connectivity index (χ0) is 20.5. The molecule has 0 saturated heterocycles. The van der Waals surface area contributed by atoms with Crippen LogP contribution in [0.4, 0.5) is 4.39 Å². The number of nitrogens with zero attached hydrogens (tertiary/aromatic N) is 2. The highest BCUT2D eigenvalue weighted by Crippen LogP contribution is 2.31. The predicted molar refractivity (Wildman–Crippen MR) is 104 cm³/mol. The van der Waals surface area contributed by atoms with Crippen molar-refractivity contribution in [3.63, 3.8) is 0 Å². The van der Waals surface area contributed by atoms with E-state index in [4.69, 9.17) is 9.84 Å². The first-order valence-corrected chi connectivity index (χ1v) is 9.31. The summed E-state index contributed by atoms with van der Waals surface area (Å²) in [6.07, 6.45) is 2.52. The second-order valence-electron chi connectivity index (χ2n) is 6.87. The van der Waals surface area contributed by atoms with E-state index in [1.165, 1.54) is 31.4 Å². The molecule has 0 radical (unpaired) electrons. The molecule has 7 heteroatoms. The minimum atomic E-state index is -1.01. The lowest BCUT2D eigenvalue weighted by atomic mass is 10.0. The van der Waals surface area contributed by atoms with Crippen LogP contribution in [0.1, 0.15) is 44.9 Å². The number of carbonyl (C=O) groups excluding carboxylic acids is 1. The van der Waals surface area contributed by atoms with E-state index in [2.05, 4.69) is 4.98 Å². The number of ketones is 1. The summed E-state index contributed by atoms with van der Waals surface area (Å²) in [5.74, 6) is -1.43. The molecule has 0 bridgehead atoms. The van der Waals surface area contributed by atoms with E-state index in [1.807, 2.05) is 4.57 Å². The molecule has 2 aromatic carbocycles. The fourth-order valence-electron chi connectivity index (χ4n) is 3.72. The number of rotatable bonds is 5. The molecule has 1 N–H and O–H groups in total. The maximum Gasteiger partial charge on any atom is 0.335 e. The molecule has 0 aliphatic carbocycles. The summed E-state index contributed by atoms with van der Waals surface area (Å²) >= 11 is 0. The van der Waals surface area contributed by atoms with Gasteiger partial charge in [-0.15, -0.1) is 0 Å². The summed E-state index contributed by atoms with van der Waals surface area (Å²) < 4.78 is 21.6. The number of carboxylic acids is 1. The summed E-state index contributed by atoms with van der Waals surface area (Å²) in [7, 11) is 1.39.